The lowest BCUT2D eigenvalue weighted by molar-refractivity contribution is -0.141. The van der Waals surface area contributed by atoms with Crippen LogP contribution in [0.15, 0.2) is 58.6 Å². The molecule has 0 radical (unpaired) electrons. The Morgan fingerprint density at radius 1 is 1.10 bits per heavy atom. The van der Waals surface area contributed by atoms with Crippen molar-refractivity contribution < 1.29 is 28.6 Å². The molecule has 1 aliphatic carbocycles. The molecule has 2 aliphatic rings. The average Bonchev–Trinajstić information content (AvgIpc) is 2.88. The van der Waals surface area contributed by atoms with Crippen molar-refractivity contribution in [2.45, 2.75) is 99.5 Å². The molecule has 5 atom stereocenters. The van der Waals surface area contributed by atoms with Crippen LogP contribution in [-0.2, 0) is 28.6 Å². The van der Waals surface area contributed by atoms with Crippen molar-refractivity contribution >= 4 is 17.5 Å². The number of methoxy groups -OCH3 is 2. The molecule has 2 rings (SSSR count). The van der Waals surface area contributed by atoms with E-state index in [1.54, 1.807) is 0 Å². The standard InChI is InChI=1S/C34H50O6/c1-12-13-25(18-27(35)38-10)28-31-29(30(36)23(8)24(9)40-31)33(39-11)34(32(28)37,17-16-21(4)5)19-26(22(6)7)15-14-20(2)3/h16,23-26H,2,6,12-15,17-19H2,1,3-5,7-11H3/t23-,24-,25?,26?,34?/m1/s1. The molecule has 3 unspecified atom stereocenters. The van der Waals surface area contributed by atoms with Gasteiger partial charge in [-0.2, -0.15) is 0 Å². The van der Waals surface area contributed by atoms with Crippen molar-refractivity contribution in [2.75, 3.05) is 14.2 Å². The van der Waals surface area contributed by atoms with E-state index < -0.39 is 29.3 Å². The summed E-state index contributed by atoms with van der Waals surface area (Å²) < 4.78 is 17.5. The van der Waals surface area contributed by atoms with E-state index in [0.29, 0.717) is 36.2 Å². The molecule has 222 valence electrons. The number of carbonyl (C=O) groups excluding carboxylic acids is 3. The molecule has 1 fully saturated rings. The Hall–Kier alpha value is -2.89. The van der Waals surface area contributed by atoms with Gasteiger partial charge in [-0.1, -0.05) is 49.6 Å². The first-order chi connectivity index (χ1) is 18.7. The second-order valence-electron chi connectivity index (χ2n) is 12.0. The summed E-state index contributed by atoms with van der Waals surface area (Å²) in [7, 11) is 2.88. The molecular formula is C34H50O6. The fraction of sp³-hybridized carbons (Fsp3) is 0.618. The molecule has 0 bridgehead atoms. The Balaban J connectivity index is 2.97. The fourth-order valence-electron chi connectivity index (χ4n) is 5.86. The third-order valence-electron chi connectivity index (χ3n) is 8.44. The number of Topliss-reactive ketones (excluding diaryl/α,β-unsaturated/α-hetero) is 2. The van der Waals surface area contributed by atoms with E-state index in [0.717, 1.165) is 36.0 Å². The molecule has 40 heavy (non-hydrogen) atoms. The lowest BCUT2D eigenvalue weighted by atomic mass is 9.61. The van der Waals surface area contributed by atoms with Crippen LogP contribution in [0, 0.1) is 23.2 Å². The van der Waals surface area contributed by atoms with Gasteiger partial charge in [0, 0.05) is 11.5 Å². The summed E-state index contributed by atoms with van der Waals surface area (Å²) >= 11 is 0. The molecule has 0 aromatic heterocycles. The van der Waals surface area contributed by atoms with Gasteiger partial charge < -0.3 is 14.2 Å². The number of ether oxygens (including phenoxy) is 3. The molecule has 0 N–H and O–H groups in total. The van der Waals surface area contributed by atoms with Gasteiger partial charge in [0.05, 0.1) is 37.5 Å². The number of esters is 1. The topological polar surface area (TPSA) is 78.9 Å². The van der Waals surface area contributed by atoms with Crippen LogP contribution in [-0.4, -0.2) is 37.9 Å². The van der Waals surface area contributed by atoms with E-state index >= 15 is 4.79 Å². The number of hydrogen-bond acceptors (Lipinski definition) is 6. The SMILES string of the molecule is C=C(C)CCC(CC1(CC=C(C)C)C(=O)C(C(CCC)CC(=O)OC)=C2O[C@H](C)[C@@H](C)C(=O)C2=C1OC)C(=C)C. The number of rotatable bonds is 14. The van der Waals surface area contributed by atoms with Gasteiger partial charge in [0.2, 0.25) is 0 Å². The van der Waals surface area contributed by atoms with Crippen LogP contribution in [0.25, 0.3) is 0 Å². The van der Waals surface area contributed by atoms with Crippen LogP contribution < -0.4 is 0 Å². The van der Waals surface area contributed by atoms with Crippen molar-refractivity contribution in [1.29, 1.82) is 0 Å². The van der Waals surface area contributed by atoms with Gasteiger partial charge in [0.25, 0.3) is 0 Å². The van der Waals surface area contributed by atoms with Crippen LogP contribution in [0.4, 0.5) is 0 Å². The number of allylic oxidation sites excluding steroid dienone is 7. The average molecular weight is 555 g/mol. The number of hydrogen-bond donors (Lipinski definition) is 0. The molecular weight excluding hydrogens is 504 g/mol. The zero-order chi connectivity index (χ0) is 30.4. The normalized spacial score (nSPS) is 24.1. The molecule has 1 heterocycles. The molecule has 0 aromatic carbocycles. The van der Waals surface area contributed by atoms with Gasteiger partial charge in [-0.15, -0.1) is 6.58 Å². The molecule has 0 amide bonds. The monoisotopic (exact) mass is 554 g/mol. The zero-order valence-corrected chi connectivity index (χ0v) is 26.2. The Morgan fingerprint density at radius 3 is 2.25 bits per heavy atom. The number of fused-ring (bicyclic) bond motifs is 1. The fourth-order valence-corrected chi connectivity index (χ4v) is 5.86. The molecule has 6 nitrogen and oxygen atoms in total. The van der Waals surface area contributed by atoms with Crippen LogP contribution in [0.5, 0.6) is 0 Å². The van der Waals surface area contributed by atoms with Gasteiger partial charge in [-0.25, -0.2) is 0 Å². The molecule has 1 aliphatic heterocycles. The first-order valence-electron chi connectivity index (χ1n) is 14.5. The van der Waals surface area contributed by atoms with E-state index in [-0.39, 0.29) is 29.7 Å². The summed E-state index contributed by atoms with van der Waals surface area (Å²) in [5.74, 6) is -0.869. The molecule has 1 saturated heterocycles. The van der Waals surface area contributed by atoms with Gasteiger partial charge in [0.1, 0.15) is 17.6 Å². The van der Waals surface area contributed by atoms with Crippen LogP contribution in [0.2, 0.25) is 0 Å². The molecule has 0 aromatic rings. The first-order valence-corrected chi connectivity index (χ1v) is 14.5. The van der Waals surface area contributed by atoms with Gasteiger partial charge in [-0.05, 0) is 72.6 Å². The lowest BCUT2D eigenvalue weighted by Crippen LogP contribution is -2.47. The van der Waals surface area contributed by atoms with E-state index in [1.807, 2.05) is 54.5 Å². The summed E-state index contributed by atoms with van der Waals surface area (Å²) in [6.07, 6.45) is 5.36. The predicted octanol–water partition coefficient (Wildman–Crippen LogP) is 7.61. The van der Waals surface area contributed by atoms with Crippen molar-refractivity contribution in [3.63, 3.8) is 0 Å². The highest BCUT2D eigenvalue weighted by atomic mass is 16.5. The number of ketones is 2. The highest BCUT2D eigenvalue weighted by molar-refractivity contribution is 6.12. The molecule has 6 heteroatoms. The van der Waals surface area contributed by atoms with E-state index in [2.05, 4.69) is 13.2 Å². The minimum absolute atomic E-state index is 0.0130. The van der Waals surface area contributed by atoms with E-state index in [9.17, 15) is 9.59 Å². The molecule has 0 saturated carbocycles. The maximum atomic E-state index is 15.1. The first kappa shape index (κ1) is 33.3. The van der Waals surface area contributed by atoms with E-state index in [4.69, 9.17) is 14.2 Å². The number of carbonyl (C=O) groups is 3. The minimum atomic E-state index is -1.15. The highest BCUT2D eigenvalue weighted by Gasteiger charge is 2.55. The summed E-state index contributed by atoms with van der Waals surface area (Å²) in [4.78, 5) is 41.7. The molecule has 0 spiro atoms. The Kier molecular flexibility index (Phi) is 11.8. The van der Waals surface area contributed by atoms with Gasteiger partial charge >= 0.3 is 5.97 Å². The zero-order valence-electron chi connectivity index (χ0n) is 26.2. The van der Waals surface area contributed by atoms with Crippen molar-refractivity contribution in [3.8, 4) is 0 Å². The highest BCUT2D eigenvalue weighted by Crippen LogP contribution is 2.54. The van der Waals surface area contributed by atoms with Gasteiger partial charge in [-0.3, -0.25) is 14.4 Å². The van der Waals surface area contributed by atoms with Gasteiger partial charge in [0.15, 0.2) is 11.6 Å². The van der Waals surface area contributed by atoms with Crippen molar-refractivity contribution in [3.05, 3.63) is 58.6 Å². The smallest absolute Gasteiger partial charge is 0.306 e. The summed E-state index contributed by atoms with van der Waals surface area (Å²) in [5, 5.41) is 0. The Labute approximate surface area is 241 Å². The van der Waals surface area contributed by atoms with Crippen LogP contribution in [0.1, 0.15) is 93.4 Å². The predicted molar refractivity (Wildman–Crippen MR) is 159 cm³/mol. The third-order valence-corrected chi connectivity index (χ3v) is 8.44. The summed E-state index contributed by atoms with van der Waals surface area (Å²) in [5.41, 5.74) is 2.70. The summed E-state index contributed by atoms with van der Waals surface area (Å²) in [6, 6.07) is 0. The Bertz CT molecular complexity index is 1120. The minimum Gasteiger partial charge on any atom is -0.499 e. The third kappa shape index (κ3) is 7.05. The second-order valence-corrected chi connectivity index (χ2v) is 12.0. The maximum absolute atomic E-state index is 15.1. The quantitative estimate of drug-likeness (QED) is 0.162. The maximum Gasteiger partial charge on any atom is 0.306 e. The van der Waals surface area contributed by atoms with Crippen LogP contribution in [0.3, 0.4) is 0 Å². The lowest BCUT2D eigenvalue weighted by Gasteiger charge is -2.45. The Morgan fingerprint density at radius 2 is 1.75 bits per heavy atom. The summed E-state index contributed by atoms with van der Waals surface area (Å²) in [6.45, 7) is 22.0. The van der Waals surface area contributed by atoms with Crippen molar-refractivity contribution in [1.82, 2.24) is 0 Å². The largest absolute Gasteiger partial charge is 0.499 e. The van der Waals surface area contributed by atoms with Crippen LogP contribution >= 0.6 is 0 Å². The van der Waals surface area contributed by atoms with E-state index in [1.165, 1.54) is 14.2 Å². The second kappa shape index (κ2) is 14.1. The van der Waals surface area contributed by atoms with Crippen molar-refractivity contribution in [2.24, 2.45) is 23.2 Å².